The van der Waals surface area contributed by atoms with Crippen LogP contribution in [0.5, 0.6) is 0 Å². The van der Waals surface area contributed by atoms with E-state index in [4.69, 9.17) is 5.11 Å². The van der Waals surface area contributed by atoms with E-state index in [0.29, 0.717) is 0 Å². The molecule has 0 aliphatic rings. The molecule has 0 amide bonds. The molecule has 6 nitrogen and oxygen atoms in total. The largest absolute Gasteiger partial charge is 0.363 e. The minimum atomic E-state index is -1.36. The molecule has 1 heterocycles. The molecule has 0 spiro atoms. The summed E-state index contributed by atoms with van der Waals surface area (Å²) in [5.41, 5.74) is -0.341. The maximum atomic E-state index is 10.4. The SMILES string of the molecule is COC(O)c1ncccc1[N+](=O)[O-]. The zero-order valence-electron chi connectivity index (χ0n) is 6.88. The van der Waals surface area contributed by atoms with Crippen LogP contribution < -0.4 is 0 Å². The van der Waals surface area contributed by atoms with E-state index in [0.717, 1.165) is 0 Å². The van der Waals surface area contributed by atoms with Crippen LogP contribution in [0.3, 0.4) is 0 Å². The van der Waals surface area contributed by atoms with Gasteiger partial charge in [0.25, 0.3) is 5.69 Å². The summed E-state index contributed by atoms with van der Waals surface area (Å²) in [7, 11) is 1.24. The van der Waals surface area contributed by atoms with E-state index >= 15 is 0 Å². The highest BCUT2D eigenvalue weighted by atomic mass is 16.6. The van der Waals surface area contributed by atoms with E-state index in [2.05, 4.69) is 9.72 Å². The second-order valence-corrected chi connectivity index (χ2v) is 2.25. The average Bonchev–Trinajstić information content (AvgIpc) is 2.16. The number of nitrogens with zero attached hydrogens (tertiary/aromatic N) is 2. The number of pyridine rings is 1. The Morgan fingerprint density at radius 3 is 3.00 bits per heavy atom. The fourth-order valence-electron chi connectivity index (χ4n) is 0.865. The molecule has 0 aliphatic carbocycles. The van der Waals surface area contributed by atoms with Gasteiger partial charge in [-0.05, 0) is 6.07 Å². The summed E-state index contributed by atoms with van der Waals surface area (Å²) in [5.74, 6) is 0. The Morgan fingerprint density at radius 1 is 1.77 bits per heavy atom. The first-order chi connectivity index (χ1) is 6.16. The molecule has 1 atom stereocenters. The highest BCUT2D eigenvalue weighted by Gasteiger charge is 2.20. The number of nitro groups is 1. The summed E-state index contributed by atoms with van der Waals surface area (Å²) in [4.78, 5) is 13.5. The Balaban J connectivity index is 3.11. The Hall–Kier alpha value is -1.53. The number of aliphatic hydroxyl groups is 1. The first-order valence-electron chi connectivity index (χ1n) is 3.47. The van der Waals surface area contributed by atoms with Gasteiger partial charge >= 0.3 is 0 Å². The van der Waals surface area contributed by atoms with Crippen molar-refractivity contribution in [1.29, 1.82) is 0 Å². The lowest BCUT2D eigenvalue weighted by molar-refractivity contribution is -0.387. The van der Waals surface area contributed by atoms with Crippen molar-refractivity contribution in [3.05, 3.63) is 34.1 Å². The predicted molar refractivity (Wildman–Crippen MR) is 42.9 cm³/mol. The van der Waals surface area contributed by atoms with Crippen molar-refractivity contribution in [2.45, 2.75) is 6.29 Å². The molecule has 0 saturated carbocycles. The summed E-state index contributed by atoms with van der Waals surface area (Å²) < 4.78 is 4.52. The van der Waals surface area contributed by atoms with Crippen LogP contribution in [0.4, 0.5) is 5.69 Å². The molecule has 1 aromatic heterocycles. The van der Waals surface area contributed by atoms with E-state index < -0.39 is 11.2 Å². The summed E-state index contributed by atoms with van der Waals surface area (Å²) in [6.07, 6.45) is -0.00787. The van der Waals surface area contributed by atoms with Crippen molar-refractivity contribution >= 4 is 5.69 Å². The smallest absolute Gasteiger partial charge is 0.296 e. The van der Waals surface area contributed by atoms with E-state index in [1.165, 1.54) is 25.4 Å². The van der Waals surface area contributed by atoms with Gasteiger partial charge in [-0.3, -0.25) is 10.1 Å². The van der Waals surface area contributed by atoms with E-state index in [9.17, 15) is 10.1 Å². The number of aliphatic hydroxyl groups excluding tert-OH is 1. The Labute approximate surface area is 73.9 Å². The molecule has 0 fully saturated rings. The summed E-state index contributed by atoms with van der Waals surface area (Å²) in [6, 6.07) is 2.68. The fraction of sp³-hybridized carbons (Fsp3) is 0.286. The maximum Gasteiger partial charge on any atom is 0.296 e. The molecule has 1 unspecified atom stereocenters. The fourth-order valence-corrected chi connectivity index (χ4v) is 0.865. The van der Waals surface area contributed by atoms with Gasteiger partial charge in [0.15, 0.2) is 5.69 Å². The molecular weight excluding hydrogens is 176 g/mol. The first-order valence-corrected chi connectivity index (χ1v) is 3.47. The number of methoxy groups -OCH3 is 1. The third-order valence-corrected chi connectivity index (χ3v) is 1.47. The lowest BCUT2D eigenvalue weighted by atomic mass is 10.3. The van der Waals surface area contributed by atoms with Crippen LogP contribution in [-0.2, 0) is 4.74 Å². The van der Waals surface area contributed by atoms with E-state index in [1.807, 2.05) is 0 Å². The maximum absolute atomic E-state index is 10.4. The Morgan fingerprint density at radius 2 is 2.46 bits per heavy atom. The molecule has 0 bridgehead atoms. The van der Waals surface area contributed by atoms with Crippen molar-refractivity contribution in [3.63, 3.8) is 0 Å². The van der Waals surface area contributed by atoms with Crippen molar-refractivity contribution < 1.29 is 14.8 Å². The van der Waals surface area contributed by atoms with Crippen LogP contribution in [0, 0.1) is 10.1 Å². The van der Waals surface area contributed by atoms with Crippen LogP contribution in [0.25, 0.3) is 0 Å². The van der Waals surface area contributed by atoms with Gasteiger partial charge in [0.2, 0.25) is 6.29 Å². The molecule has 1 N–H and O–H groups in total. The van der Waals surface area contributed by atoms with Gasteiger partial charge in [-0.1, -0.05) is 0 Å². The Kier molecular flexibility index (Phi) is 2.88. The molecule has 70 valence electrons. The number of rotatable bonds is 3. The molecule has 6 heteroatoms. The third-order valence-electron chi connectivity index (χ3n) is 1.47. The van der Waals surface area contributed by atoms with Gasteiger partial charge < -0.3 is 9.84 Å². The summed E-state index contributed by atoms with van der Waals surface area (Å²) in [5, 5.41) is 19.6. The second-order valence-electron chi connectivity index (χ2n) is 2.25. The molecule has 1 rings (SSSR count). The molecular formula is C7H8N2O4. The van der Waals surface area contributed by atoms with Crippen LogP contribution in [0.15, 0.2) is 18.3 Å². The molecule has 0 aromatic carbocycles. The molecule has 13 heavy (non-hydrogen) atoms. The van der Waals surface area contributed by atoms with Crippen molar-refractivity contribution in [2.75, 3.05) is 7.11 Å². The predicted octanol–water partition coefficient (Wildman–Crippen LogP) is 0.627. The van der Waals surface area contributed by atoms with Gasteiger partial charge in [0.1, 0.15) is 0 Å². The highest BCUT2D eigenvalue weighted by Crippen LogP contribution is 2.21. The summed E-state index contributed by atoms with van der Waals surface area (Å²) in [6.45, 7) is 0. The molecule has 0 radical (unpaired) electrons. The topological polar surface area (TPSA) is 85.5 Å². The number of aromatic nitrogens is 1. The second kappa shape index (κ2) is 3.92. The lowest BCUT2D eigenvalue weighted by Crippen LogP contribution is -2.06. The van der Waals surface area contributed by atoms with Crippen LogP contribution in [0.1, 0.15) is 12.0 Å². The molecule has 0 saturated heterocycles. The highest BCUT2D eigenvalue weighted by molar-refractivity contribution is 5.34. The lowest BCUT2D eigenvalue weighted by Gasteiger charge is -2.06. The van der Waals surface area contributed by atoms with Gasteiger partial charge in [0.05, 0.1) is 4.92 Å². The van der Waals surface area contributed by atoms with E-state index in [-0.39, 0.29) is 11.4 Å². The minimum Gasteiger partial charge on any atom is -0.363 e. The van der Waals surface area contributed by atoms with Gasteiger partial charge in [0, 0.05) is 19.4 Å². The van der Waals surface area contributed by atoms with Crippen LogP contribution >= 0.6 is 0 Å². The van der Waals surface area contributed by atoms with Gasteiger partial charge in [-0.2, -0.15) is 0 Å². The summed E-state index contributed by atoms with van der Waals surface area (Å²) >= 11 is 0. The number of ether oxygens (including phenoxy) is 1. The quantitative estimate of drug-likeness (QED) is 0.423. The van der Waals surface area contributed by atoms with Crippen LogP contribution in [0.2, 0.25) is 0 Å². The van der Waals surface area contributed by atoms with Gasteiger partial charge in [-0.15, -0.1) is 0 Å². The van der Waals surface area contributed by atoms with Crippen LogP contribution in [-0.4, -0.2) is 22.1 Å². The zero-order chi connectivity index (χ0) is 9.84. The average molecular weight is 184 g/mol. The van der Waals surface area contributed by atoms with Gasteiger partial charge in [-0.25, -0.2) is 4.98 Å². The standard InChI is InChI=1S/C7H8N2O4/c1-13-7(10)6-5(9(11)12)3-2-4-8-6/h2-4,7,10H,1H3. The van der Waals surface area contributed by atoms with Crippen molar-refractivity contribution in [2.24, 2.45) is 0 Å². The minimum absolute atomic E-state index is 0.0880. The number of hydrogen-bond donors (Lipinski definition) is 1. The Bertz CT molecular complexity index is 315. The molecule has 1 aromatic rings. The van der Waals surface area contributed by atoms with Crippen molar-refractivity contribution in [3.8, 4) is 0 Å². The monoisotopic (exact) mass is 184 g/mol. The van der Waals surface area contributed by atoms with Crippen molar-refractivity contribution in [1.82, 2.24) is 4.98 Å². The number of hydrogen-bond acceptors (Lipinski definition) is 5. The molecule has 0 aliphatic heterocycles. The normalized spacial score (nSPS) is 12.5. The zero-order valence-corrected chi connectivity index (χ0v) is 6.88. The van der Waals surface area contributed by atoms with E-state index in [1.54, 1.807) is 0 Å². The third kappa shape index (κ3) is 1.98. The first kappa shape index (κ1) is 9.56.